The second kappa shape index (κ2) is 8.25. The third-order valence-corrected chi connectivity index (χ3v) is 3.64. The van der Waals surface area contributed by atoms with E-state index >= 15 is 0 Å². The van der Waals surface area contributed by atoms with Crippen molar-refractivity contribution in [2.45, 2.75) is 31.9 Å². The molecular formula is C16H28N2O2. The molecule has 0 bridgehead atoms. The summed E-state index contributed by atoms with van der Waals surface area (Å²) in [7, 11) is 5.61. The third kappa shape index (κ3) is 5.49. The number of hydrogen-bond donors (Lipinski definition) is 2. The lowest BCUT2D eigenvalue weighted by Gasteiger charge is -2.24. The lowest BCUT2D eigenvalue weighted by molar-refractivity contribution is 0.131. The summed E-state index contributed by atoms with van der Waals surface area (Å²) in [4.78, 5) is 1.99. The van der Waals surface area contributed by atoms with Gasteiger partial charge in [0.2, 0.25) is 0 Å². The predicted octanol–water partition coefficient (Wildman–Crippen LogP) is 1.70. The molecule has 1 rings (SSSR count). The van der Waals surface area contributed by atoms with Crippen molar-refractivity contribution in [1.82, 2.24) is 10.2 Å². The molecule has 0 heterocycles. The van der Waals surface area contributed by atoms with E-state index < -0.39 is 0 Å². The van der Waals surface area contributed by atoms with Crippen LogP contribution in [0.5, 0.6) is 5.75 Å². The molecule has 2 N–H and O–H groups in total. The van der Waals surface area contributed by atoms with Gasteiger partial charge in [-0.1, -0.05) is 19.1 Å². The normalized spacial score (nSPS) is 15.9. The maximum atomic E-state index is 9.87. The Kier molecular flexibility index (Phi) is 6.99. The first-order valence-electron chi connectivity index (χ1n) is 7.14. The van der Waals surface area contributed by atoms with Gasteiger partial charge in [0.1, 0.15) is 5.75 Å². The SMILES string of the molecule is COc1ccc(C(C)C(C)NCC(O)CN(C)C)cc1. The fourth-order valence-corrected chi connectivity index (χ4v) is 2.18. The number of aliphatic hydroxyl groups is 1. The van der Waals surface area contributed by atoms with E-state index in [9.17, 15) is 5.11 Å². The van der Waals surface area contributed by atoms with Gasteiger partial charge in [-0.2, -0.15) is 0 Å². The largest absolute Gasteiger partial charge is 0.497 e. The van der Waals surface area contributed by atoms with Gasteiger partial charge in [-0.05, 0) is 44.6 Å². The maximum absolute atomic E-state index is 9.87. The minimum absolute atomic E-state index is 0.306. The Labute approximate surface area is 122 Å². The zero-order chi connectivity index (χ0) is 15.1. The number of methoxy groups -OCH3 is 1. The lowest BCUT2D eigenvalue weighted by atomic mass is 9.94. The molecule has 0 radical (unpaired) electrons. The molecule has 0 aliphatic carbocycles. The molecular weight excluding hydrogens is 252 g/mol. The van der Waals surface area contributed by atoms with Gasteiger partial charge < -0.3 is 20.1 Å². The third-order valence-electron chi connectivity index (χ3n) is 3.64. The molecule has 3 unspecified atom stereocenters. The van der Waals surface area contributed by atoms with Crippen LogP contribution in [0.3, 0.4) is 0 Å². The van der Waals surface area contributed by atoms with Crippen LogP contribution in [0.25, 0.3) is 0 Å². The van der Waals surface area contributed by atoms with Gasteiger partial charge in [0, 0.05) is 19.1 Å². The van der Waals surface area contributed by atoms with E-state index in [1.807, 2.05) is 31.1 Å². The van der Waals surface area contributed by atoms with Crippen LogP contribution >= 0.6 is 0 Å². The van der Waals surface area contributed by atoms with Crippen LogP contribution in [-0.4, -0.2) is 56.4 Å². The number of hydrogen-bond acceptors (Lipinski definition) is 4. The second-order valence-corrected chi connectivity index (χ2v) is 5.67. The first-order valence-corrected chi connectivity index (χ1v) is 7.14. The predicted molar refractivity (Wildman–Crippen MR) is 83.4 cm³/mol. The summed E-state index contributed by atoms with van der Waals surface area (Å²) >= 11 is 0. The molecule has 4 heteroatoms. The number of ether oxygens (including phenoxy) is 1. The fourth-order valence-electron chi connectivity index (χ4n) is 2.18. The summed E-state index contributed by atoms with van der Waals surface area (Å²) in [6, 6.07) is 8.47. The Morgan fingerprint density at radius 3 is 2.30 bits per heavy atom. The van der Waals surface area contributed by atoms with Crippen molar-refractivity contribution < 1.29 is 9.84 Å². The highest BCUT2D eigenvalue weighted by molar-refractivity contribution is 5.29. The summed E-state index contributed by atoms with van der Waals surface area (Å²) in [6.45, 7) is 5.63. The van der Waals surface area contributed by atoms with Crippen LogP contribution in [0, 0.1) is 0 Å². The molecule has 3 atom stereocenters. The number of nitrogens with one attached hydrogen (secondary N) is 1. The molecule has 114 valence electrons. The lowest BCUT2D eigenvalue weighted by Crippen LogP contribution is -2.40. The van der Waals surface area contributed by atoms with Crippen LogP contribution in [0.4, 0.5) is 0 Å². The van der Waals surface area contributed by atoms with Crippen molar-refractivity contribution in [3.63, 3.8) is 0 Å². The van der Waals surface area contributed by atoms with Gasteiger partial charge in [0.05, 0.1) is 13.2 Å². The van der Waals surface area contributed by atoms with Crippen molar-refractivity contribution in [3.8, 4) is 5.75 Å². The monoisotopic (exact) mass is 280 g/mol. The molecule has 1 aromatic rings. The number of likely N-dealkylation sites (N-methyl/N-ethyl adjacent to an activating group) is 1. The maximum Gasteiger partial charge on any atom is 0.118 e. The minimum Gasteiger partial charge on any atom is -0.497 e. The second-order valence-electron chi connectivity index (χ2n) is 5.67. The summed E-state index contributed by atoms with van der Waals surface area (Å²) in [5.41, 5.74) is 1.27. The van der Waals surface area contributed by atoms with E-state index in [0.717, 1.165) is 5.75 Å². The Hall–Kier alpha value is -1.10. The molecule has 0 fully saturated rings. The minimum atomic E-state index is -0.337. The zero-order valence-corrected chi connectivity index (χ0v) is 13.3. The summed E-state index contributed by atoms with van der Waals surface area (Å²) < 4.78 is 5.17. The molecule has 20 heavy (non-hydrogen) atoms. The van der Waals surface area contributed by atoms with Gasteiger partial charge >= 0.3 is 0 Å². The first-order chi connectivity index (χ1) is 9.43. The van der Waals surface area contributed by atoms with Crippen LogP contribution in [0.1, 0.15) is 25.3 Å². The van der Waals surface area contributed by atoms with E-state index in [1.54, 1.807) is 7.11 Å². The standard InChI is InChI=1S/C16H28N2O2/c1-12(14-6-8-16(20-5)9-7-14)13(2)17-10-15(19)11-18(3)4/h6-9,12-13,15,17,19H,10-11H2,1-5H3. The quantitative estimate of drug-likeness (QED) is 0.761. The van der Waals surface area contributed by atoms with Crippen LogP contribution in [0.2, 0.25) is 0 Å². The molecule has 0 aromatic heterocycles. The molecule has 0 spiro atoms. The molecule has 0 aliphatic rings. The smallest absolute Gasteiger partial charge is 0.118 e. The van der Waals surface area contributed by atoms with E-state index in [2.05, 4.69) is 31.3 Å². The number of aliphatic hydroxyl groups excluding tert-OH is 1. The van der Waals surface area contributed by atoms with E-state index in [0.29, 0.717) is 25.0 Å². The number of benzene rings is 1. The Morgan fingerprint density at radius 2 is 1.80 bits per heavy atom. The Bertz CT molecular complexity index is 379. The Balaban J connectivity index is 2.47. The van der Waals surface area contributed by atoms with Crippen molar-refractivity contribution >= 4 is 0 Å². The summed E-state index contributed by atoms with van der Waals surface area (Å²) in [6.07, 6.45) is -0.337. The zero-order valence-electron chi connectivity index (χ0n) is 13.3. The average Bonchev–Trinajstić information content (AvgIpc) is 2.43. The first kappa shape index (κ1) is 17.0. The topological polar surface area (TPSA) is 44.7 Å². The van der Waals surface area contributed by atoms with E-state index in [4.69, 9.17) is 4.74 Å². The van der Waals surface area contributed by atoms with Crippen molar-refractivity contribution in [2.75, 3.05) is 34.3 Å². The highest BCUT2D eigenvalue weighted by Gasteiger charge is 2.15. The molecule has 0 aliphatic heterocycles. The highest BCUT2D eigenvalue weighted by Crippen LogP contribution is 2.21. The summed E-state index contributed by atoms with van der Waals surface area (Å²) in [5.74, 6) is 1.26. The Morgan fingerprint density at radius 1 is 1.20 bits per heavy atom. The number of rotatable bonds is 8. The van der Waals surface area contributed by atoms with Gasteiger partial charge in [-0.3, -0.25) is 0 Å². The van der Waals surface area contributed by atoms with Crippen LogP contribution in [0.15, 0.2) is 24.3 Å². The fraction of sp³-hybridized carbons (Fsp3) is 0.625. The average molecular weight is 280 g/mol. The van der Waals surface area contributed by atoms with Gasteiger partial charge in [0.25, 0.3) is 0 Å². The van der Waals surface area contributed by atoms with Crippen molar-refractivity contribution in [1.29, 1.82) is 0 Å². The summed E-state index contributed by atoms with van der Waals surface area (Å²) in [5, 5.41) is 13.3. The molecule has 0 saturated heterocycles. The van der Waals surface area contributed by atoms with Crippen LogP contribution in [-0.2, 0) is 0 Å². The van der Waals surface area contributed by atoms with Crippen LogP contribution < -0.4 is 10.1 Å². The van der Waals surface area contributed by atoms with Gasteiger partial charge in [0.15, 0.2) is 0 Å². The molecule has 0 amide bonds. The number of nitrogens with zero attached hydrogens (tertiary/aromatic N) is 1. The molecule has 0 saturated carbocycles. The van der Waals surface area contributed by atoms with Gasteiger partial charge in [-0.25, -0.2) is 0 Å². The molecule has 1 aromatic carbocycles. The van der Waals surface area contributed by atoms with Crippen molar-refractivity contribution in [2.24, 2.45) is 0 Å². The van der Waals surface area contributed by atoms with E-state index in [1.165, 1.54) is 5.56 Å². The van der Waals surface area contributed by atoms with E-state index in [-0.39, 0.29) is 6.10 Å². The molecule has 4 nitrogen and oxygen atoms in total. The van der Waals surface area contributed by atoms with Crippen molar-refractivity contribution in [3.05, 3.63) is 29.8 Å². The van der Waals surface area contributed by atoms with Gasteiger partial charge in [-0.15, -0.1) is 0 Å². The highest BCUT2D eigenvalue weighted by atomic mass is 16.5.